The molecule has 18 heavy (non-hydrogen) atoms. The van der Waals surface area contributed by atoms with E-state index in [4.69, 9.17) is 9.47 Å². The zero-order valence-corrected chi connectivity index (χ0v) is 10.0. The Labute approximate surface area is 104 Å². The Kier molecular flexibility index (Phi) is 3.63. The first-order valence-corrected chi connectivity index (χ1v) is 5.71. The zero-order valence-electron chi connectivity index (χ0n) is 10.0. The van der Waals surface area contributed by atoms with Crippen LogP contribution in [0.15, 0.2) is 30.3 Å². The molecule has 0 aromatic heterocycles. The fourth-order valence-electron chi connectivity index (χ4n) is 1.78. The smallest absolute Gasteiger partial charge is 0.346 e. The molecule has 0 bridgehead atoms. The summed E-state index contributed by atoms with van der Waals surface area (Å²) in [5, 5.41) is 9.58. The van der Waals surface area contributed by atoms with E-state index >= 15 is 0 Å². The Morgan fingerprint density at radius 3 is 2.67 bits per heavy atom. The minimum atomic E-state index is -2.35. The molecule has 0 amide bonds. The molecule has 1 heterocycles. The van der Waals surface area contributed by atoms with E-state index in [-0.39, 0.29) is 6.61 Å². The molecule has 0 radical (unpaired) electrons. The maximum atomic E-state index is 13.6. The molecule has 1 saturated heterocycles. The number of halogens is 1. The van der Waals surface area contributed by atoms with Gasteiger partial charge in [-0.3, -0.25) is 0 Å². The maximum absolute atomic E-state index is 13.6. The van der Waals surface area contributed by atoms with Crippen LogP contribution in [0.2, 0.25) is 0 Å². The van der Waals surface area contributed by atoms with Crippen molar-refractivity contribution in [2.75, 3.05) is 6.61 Å². The van der Waals surface area contributed by atoms with Crippen LogP contribution in [0.4, 0.5) is 4.39 Å². The maximum Gasteiger partial charge on any atom is 0.346 e. The lowest BCUT2D eigenvalue weighted by Gasteiger charge is -2.16. The second-order valence-corrected chi connectivity index (χ2v) is 4.46. The van der Waals surface area contributed by atoms with Crippen molar-refractivity contribution in [3.63, 3.8) is 0 Å². The van der Waals surface area contributed by atoms with Gasteiger partial charge in [-0.2, -0.15) is 0 Å². The molecule has 1 N–H and O–H groups in total. The van der Waals surface area contributed by atoms with Gasteiger partial charge in [-0.25, -0.2) is 9.18 Å². The van der Waals surface area contributed by atoms with Crippen molar-refractivity contribution in [1.29, 1.82) is 0 Å². The summed E-state index contributed by atoms with van der Waals surface area (Å²) >= 11 is 0. The van der Waals surface area contributed by atoms with Crippen LogP contribution in [0, 0.1) is 0 Å². The van der Waals surface area contributed by atoms with Crippen molar-refractivity contribution < 1.29 is 23.8 Å². The summed E-state index contributed by atoms with van der Waals surface area (Å²) in [5.41, 5.74) is -1.39. The third kappa shape index (κ3) is 2.52. The Morgan fingerprint density at radius 2 is 2.11 bits per heavy atom. The number of esters is 1. The molecule has 4 nitrogen and oxygen atoms in total. The lowest BCUT2D eigenvalue weighted by Crippen LogP contribution is -2.40. The van der Waals surface area contributed by atoms with Crippen LogP contribution < -0.4 is 0 Å². The predicted molar refractivity (Wildman–Crippen MR) is 61.5 cm³/mol. The van der Waals surface area contributed by atoms with E-state index in [0.29, 0.717) is 6.61 Å². The van der Waals surface area contributed by atoms with Crippen molar-refractivity contribution in [1.82, 2.24) is 0 Å². The fourth-order valence-corrected chi connectivity index (χ4v) is 1.78. The molecule has 5 heteroatoms. The van der Waals surface area contributed by atoms with E-state index in [0.717, 1.165) is 12.5 Å². The highest BCUT2D eigenvalue weighted by Crippen LogP contribution is 2.29. The van der Waals surface area contributed by atoms with Crippen molar-refractivity contribution in [3.8, 4) is 0 Å². The Hall–Kier alpha value is -1.46. The molecule has 98 valence electrons. The molecule has 1 fully saturated rings. The van der Waals surface area contributed by atoms with Crippen LogP contribution in [-0.4, -0.2) is 35.6 Å². The Bertz CT molecular complexity index is 418. The van der Waals surface area contributed by atoms with Crippen LogP contribution in [0.25, 0.3) is 0 Å². The molecule has 1 aromatic rings. The topological polar surface area (TPSA) is 55.8 Å². The Balaban J connectivity index is 1.84. The summed E-state index contributed by atoms with van der Waals surface area (Å²) in [4.78, 5) is 11.1. The summed E-state index contributed by atoms with van der Waals surface area (Å²) in [6.07, 6.45) is -2.43. The van der Waals surface area contributed by atoms with E-state index in [2.05, 4.69) is 0 Å². The SMILES string of the molecule is C[C@]1(F)C(=O)O[C@H](COCc2ccccc2)[C@H]1O. The van der Waals surface area contributed by atoms with Gasteiger partial charge in [0.1, 0.15) is 6.10 Å². The highest BCUT2D eigenvalue weighted by Gasteiger charge is 2.54. The van der Waals surface area contributed by atoms with Gasteiger partial charge in [0, 0.05) is 0 Å². The average Bonchev–Trinajstić information content (AvgIpc) is 2.55. The third-order valence-electron chi connectivity index (χ3n) is 2.96. The monoisotopic (exact) mass is 254 g/mol. The standard InChI is InChI=1S/C13H15FO4/c1-13(14)11(15)10(18-12(13)16)8-17-7-9-5-3-2-4-6-9/h2-6,10-11,15H,7-8H2,1H3/t10-,11-,13-/m1/s1. The van der Waals surface area contributed by atoms with Crippen LogP contribution in [0.1, 0.15) is 12.5 Å². The van der Waals surface area contributed by atoms with Gasteiger partial charge < -0.3 is 14.6 Å². The van der Waals surface area contributed by atoms with Gasteiger partial charge in [0.25, 0.3) is 0 Å². The van der Waals surface area contributed by atoms with Gasteiger partial charge >= 0.3 is 5.97 Å². The highest BCUT2D eigenvalue weighted by molar-refractivity contribution is 5.82. The van der Waals surface area contributed by atoms with Crippen molar-refractivity contribution in [3.05, 3.63) is 35.9 Å². The summed E-state index contributed by atoms with van der Waals surface area (Å²) in [6.45, 7) is 1.31. The van der Waals surface area contributed by atoms with Gasteiger partial charge in [-0.15, -0.1) is 0 Å². The first-order chi connectivity index (χ1) is 8.51. The first-order valence-electron chi connectivity index (χ1n) is 5.71. The van der Waals surface area contributed by atoms with Crippen LogP contribution >= 0.6 is 0 Å². The summed E-state index contributed by atoms with van der Waals surface area (Å²) in [7, 11) is 0. The normalized spacial score (nSPS) is 31.4. The highest BCUT2D eigenvalue weighted by atomic mass is 19.1. The molecule has 1 aliphatic rings. The van der Waals surface area contributed by atoms with Crippen molar-refractivity contribution in [2.24, 2.45) is 0 Å². The third-order valence-corrected chi connectivity index (χ3v) is 2.96. The number of hydrogen-bond acceptors (Lipinski definition) is 4. The number of alkyl halides is 1. The molecule has 1 aromatic carbocycles. The van der Waals surface area contributed by atoms with Crippen LogP contribution in [0.5, 0.6) is 0 Å². The van der Waals surface area contributed by atoms with Gasteiger partial charge in [-0.1, -0.05) is 30.3 Å². The van der Waals surface area contributed by atoms with Gasteiger partial charge in [0.15, 0.2) is 6.10 Å². The number of aliphatic hydroxyl groups is 1. The number of hydrogen-bond donors (Lipinski definition) is 1. The second-order valence-electron chi connectivity index (χ2n) is 4.46. The summed E-state index contributed by atoms with van der Waals surface area (Å²) in [6, 6.07) is 9.41. The lowest BCUT2D eigenvalue weighted by molar-refractivity contribution is -0.150. The number of carbonyl (C=O) groups is 1. The second kappa shape index (κ2) is 5.04. The summed E-state index contributed by atoms with van der Waals surface area (Å²) in [5.74, 6) is -1.04. The fraction of sp³-hybridized carbons (Fsp3) is 0.462. The van der Waals surface area contributed by atoms with E-state index in [1.54, 1.807) is 0 Å². The quantitative estimate of drug-likeness (QED) is 0.821. The van der Waals surface area contributed by atoms with Crippen molar-refractivity contribution in [2.45, 2.75) is 31.4 Å². The van der Waals surface area contributed by atoms with Gasteiger partial charge in [0.05, 0.1) is 13.2 Å². The number of rotatable bonds is 4. The zero-order chi connectivity index (χ0) is 13.2. The van der Waals surface area contributed by atoms with E-state index in [1.807, 2.05) is 30.3 Å². The number of ether oxygens (including phenoxy) is 2. The van der Waals surface area contributed by atoms with E-state index in [9.17, 15) is 14.3 Å². The minimum Gasteiger partial charge on any atom is -0.455 e. The average molecular weight is 254 g/mol. The predicted octanol–water partition coefficient (Wildman–Crippen LogP) is 1.22. The molecule has 2 rings (SSSR count). The molecule has 0 aliphatic carbocycles. The molecule has 3 atom stereocenters. The number of aliphatic hydroxyl groups excluding tert-OH is 1. The van der Waals surface area contributed by atoms with Gasteiger partial charge in [0.2, 0.25) is 5.67 Å². The van der Waals surface area contributed by atoms with Gasteiger partial charge in [-0.05, 0) is 12.5 Å². The van der Waals surface area contributed by atoms with Crippen LogP contribution in [0.3, 0.4) is 0 Å². The lowest BCUT2D eigenvalue weighted by atomic mass is 10.0. The van der Waals surface area contributed by atoms with E-state index < -0.39 is 23.8 Å². The van der Waals surface area contributed by atoms with Crippen LogP contribution in [-0.2, 0) is 20.9 Å². The molecular formula is C13H15FO4. The molecule has 0 saturated carbocycles. The largest absolute Gasteiger partial charge is 0.455 e. The van der Waals surface area contributed by atoms with Crippen molar-refractivity contribution >= 4 is 5.97 Å². The number of carbonyl (C=O) groups excluding carboxylic acids is 1. The molecular weight excluding hydrogens is 239 g/mol. The number of cyclic esters (lactones) is 1. The molecule has 0 spiro atoms. The summed E-state index contributed by atoms with van der Waals surface area (Å²) < 4.78 is 23.7. The Morgan fingerprint density at radius 1 is 1.44 bits per heavy atom. The number of benzene rings is 1. The first kappa shape index (κ1) is 13.0. The van der Waals surface area contributed by atoms with E-state index in [1.165, 1.54) is 0 Å². The minimum absolute atomic E-state index is 0.0265. The molecule has 1 aliphatic heterocycles. The molecule has 0 unspecified atom stereocenters.